The lowest BCUT2D eigenvalue weighted by molar-refractivity contribution is -0.130. The van der Waals surface area contributed by atoms with Gasteiger partial charge in [-0.1, -0.05) is 49.4 Å². The van der Waals surface area contributed by atoms with Crippen molar-refractivity contribution in [3.8, 4) is 5.75 Å². The maximum Gasteiger partial charge on any atom is 0.243 e. The molecule has 6 N–H and O–H groups in total. The Labute approximate surface area is 199 Å². The summed E-state index contributed by atoms with van der Waals surface area (Å²) in [5.41, 5.74) is 7.05. The van der Waals surface area contributed by atoms with Crippen molar-refractivity contribution in [3.63, 3.8) is 0 Å². The average molecular weight is 472 g/mol. The SMILES string of the molecule is CC(CCC(=O)NC(Cc1ccc(OCc2ccccc2)cc1)C(=O)NC(CO)CO)C(N)=O. The van der Waals surface area contributed by atoms with Gasteiger partial charge in [0, 0.05) is 18.8 Å². The molecule has 0 aliphatic heterocycles. The van der Waals surface area contributed by atoms with Gasteiger partial charge in [0.1, 0.15) is 18.4 Å². The zero-order valence-corrected chi connectivity index (χ0v) is 19.3. The van der Waals surface area contributed by atoms with Gasteiger partial charge in [-0.25, -0.2) is 0 Å². The van der Waals surface area contributed by atoms with Gasteiger partial charge in [0.05, 0.1) is 19.3 Å². The van der Waals surface area contributed by atoms with Crippen LogP contribution < -0.4 is 21.1 Å². The number of nitrogens with two attached hydrogens (primary N) is 1. The Morgan fingerprint density at radius 2 is 1.59 bits per heavy atom. The van der Waals surface area contributed by atoms with Crippen LogP contribution in [0.3, 0.4) is 0 Å². The summed E-state index contributed by atoms with van der Waals surface area (Å²) < 4.78 is 5.78. The van der Waals surface area contributed by atoms with Crippen LogP contribution in [0.2, 0.25) is 0 Å². The normalized spacial score (nSPS) is 12.6. The Hall–Kier alpha value is -3.43. The van der Waals surface area contributed by atoms with E-state index in [-0.39, 0.29) is 19.3 Å². The number of amides is 3. The predicted molar refractivity (Wildman–Crippen MR) is 127 cm³/mol. The summed E-state index contributed by atoms with van der Waals surface area (Å²) in [4.78, 5) is 36.3. The van der Waals surface area contributed by atoms with E-state index in [9.17, 15) is 24.6 Å². The van der Waals surface area contributed by atoms with E-state index >= 15 is 0 Å². The molecule has 0 saturated heterocycles. The fourth-order valence-corrected chi connectivity index (χ4v) is 3.11. The van der Waals surface area contributed by atoms with Gasteiger partial charge in [0.2, 0.25) is 17.7 Å². The van der Waals surface area contributed by atoms with Crippen molar-refractivity contribution in [1.82, 2.24) is 10.6 Å². The van der Waals surface area contributed by atoms with Crippen LogP contribution in [-0.4, -0.2) is 53.2 Å². The van der Waals surface area contributed by atoms with E-state index < -0.39 is 48.9 Å². The summed E-state index contributed by atoms with van der Waals surface area (Å²) in [5, 5.41) is 23.7. The minimum absolute atomic E-state index is 0.0313. The van der Waals surface area contributed by atoms with E-state index in [1.165, 1.54) is 0 Å². The average Bonchev–Trinajstić information content (AvgIpc) is 2.85. The van der Waals surface area contributed by atoms with E-state index in [2.05, 4.69) is 10.6 Å². The summed E-state index contributed by atoms with van der Waals surface area (Å²) in [6.07, 6.45) is 0.480. The van der Waals surface area contributed by atoms with Crippen molar-refractivity contribution in [3.05, 3.63) is 65.7 Å². The maximum atomic E-state index is 12.7. The Kier molecular flexibility index (Phi) is 11.0. The third-order valence-corrected chi connectivity index (χ3v) is 5.34. The topological polar surface area (TPSA) is 151 Å². The molecule has 0 radical (unpaired) electrons. The van der Waals surface area contributed by atoms with Crippen LogP contribution in [0, 0.1) is 5.92 Å². The molecule has 34 heavy (non-hydrogen) atoms. The third-order valence-electron chi connectivity index (χ3n) is 5.34. The van der Waals surface area contributed by atoms with Crippen molar-refractivity contribution >= 4 is 17.7 Å². The van der Waals surface area contributed by atoms with Crippen LogP contribution >= 0.6 is 0 Å². The highest BCUT2D eigenvalue weighted by molar-refractivity contribution is 5.88. The second-order valence-electron chi connectivity index (χ2n) is 8.16. The quantitative estimate of drug-likeness (QED) is 0.273. The van der Waals surface area contributed by atoms with Crippen molar-refractivity contribution < 1.29 is 29.3 Å². The molecule has 0 aromatic heterocycles. The Bertz CT molecular complexity index is 916. The second-order valence-corrected chi connectivity index (χ2v) is 8.16. The van der Waals surface area contributed by atoms with E-state index in [4.69, 9.17) is 10.5 Å². The maximum absolute atomic E-state index is 12.7. The van der Waals surface area contributed by atoms with Gasteiger partial charge in [-0.15, -0.1) is 0 Å². The summed E-state index contributed by atoms with van der Waals surface area (Å²) in [5.74, 6) is -1.23. The summed E-state index contributed by atoms with van der Waals surface area (Å²) in [6, 6.07) is 15.2. The smallest absolute Gasteiger partial charge is 0.243 e. The molecular weight excluding hydrogens is 438 g/mol. The molecule has 9 heteroatoms. The number of hydrogen-bond acceptors (Lipinski definition) is 6. The first-order chi connectivity index (χ1) is 16.3. The molecule has 2 aromatic carbocycles. The summed E-state index contributed by atoms with van der Waals surface area (Å²) in [7, 11) is 0. The zero-order valence-electron chi connectivity index (χ0n) is 19.3. The van der Waals surface area contributed by atoms with E-state index in [1.54, 1.807) is 31.2 Å². The number of ether oxygens (including phenoxy) is 1. The number of carbonyl (C=O) groups excluding carboxylic acids is 3. The largest absolute Gasteiger partial charge is 0.489 e. The van der Waals surface area contributed by atoms with E-state index in [0.29, 0.717) is 12.4 Å². The standard InChI is InChI=1S/C25H33N3O6/c1-17(24(26)32)7-12-23(31)28-22(25(33)27-20(14-29)15-30)13-18-8-10-21(11-9-18)34-16-19-5-3-2-4-6-19/h2-6,8-11,17,20,22,29-30H,7,12-16H2,1H3,(H2,26,32)(H,27,33)(H,28,31). The monoisotopic (exact) mass is 471 g/mol. The number of aliphatic hydroxyl groups excluding tert-OH is 2. The third kappa shape index (κ3) is 9.21. The molecule has 9 nitrogen and oxygen atoms in total. The second kappa shape index (κ2) is 14.0. The van der Waals surface area contributed by atoms with Crippen molar-refractivity contribution in [2.24, 2.45) is 11.7 Å². The number of aliphatic hydroxyl groups is 2. The number of nitrogens with one attached hydrogen (secondary N) is 2. The Balaban J connectivity index is 2.02. The first kappa shape index (κ1) is 26.8. The Morgan fingerprint density at radius 1 is 0.941 bits per heavy atom. The van der Waals surface area contributed by atoms with Gasteiger partial charge in [-0.05, 0) is 29.7 Å². The fraction of sp³-hybridized carbons (Fsp3) is 0.400. The molecule has 0 bridgehead atoms. The molecule has 0 fully saturated rings. The van der Waals surface area contributed by atoms with Crippen LogP contribution in [-0.2, 0) is 27.4 Å². The number of primary amides is 1. The molecule has 184 valence electrons. The van der Waals surface area contributed by atoms with Crippen LogP contribution in [0.4, 0.5) is 0 Å². The molecule has 2 aromatic rings. The molecule has 0 aliphatic rings. The van der Waals surface area contributed by atoms with Crippen molar-refractivity contribution in [2.45, 2.75) is 44.9 Å². The van der Waals surface area contributed by atoms with Gasteiger partial charge in [-0.2, -0.15) is 0 Å². The lowest BCUT2D eigenvalue weighted by Gasteiger charge is -2.22. The minimum Gasteiger partial charge on any atom is -0.489 e. The van der Waals surface area contributed by atoms with Crippen molar-refractivity contribution in [1.29, 1.82) is 0 Å². The predicted octanol–water partition coefficient (Wildman–Crippen LogP) is 0.664. The van der Waals surface area contributed by atoms with Crippen LogP contribution in [0.1, 0.15) is 30.9 Å². The minimum atomic E-state index is -0.937. The molecule has 0 saturated carbocycles. The fourth-order valence-electron chi connectivity index (χ4n) is 3.11. The molecule has 3 amide bonds. The lowest BCUT2D eigenvalue weighted by Crippen LogP contribution is -2.52. The van der Waals surface area contributed by atoms with Gasteiger partial charge < -0.3 is 31.3 Å². The summed E-state index contributed by atoms with van der Waals surface area (Å²) in [6.45, 7) is 1.18. The number of hydrogen-bond donors (Lipinski definition) is 5. The summed E-state index contributed by atoms with van der Waals surface area (Å²) >= 11 is 0. The number of carbonyl (C=O) groups is 3. The van der Waals surface area contributed by atoms with Gasteiger partial charge in [-0.3, -0.25) is 14.4 Å². The highest BCUT2D eigenvalue weighted by Crippen LogP contribution is 2.16. The molecule has 2 unspecified atom stereocenters. The van der Waals surface area contributed by atoms with Crippen molar-refractivity contribution in [2.75, 3.05) is 13.2 Å². The number of benzene rings is 2. The van der Waals surface area contributed by atoms with E-state index in [1.807, 2.05) is 30.3 Å². The zero-order chi connectivity index (χ0) is 24.9. The first-order valence-corrected chi connectivity index (χ1v) is 11.2. The van der Waals surface area contributed by atoms with Crippen LogP contribution in [0.25, 0.3) is 0 Å². The number of rotatable bonds is 14. The molecule has 0 aliphatic carbocycles. The molecule has 0 heterocycles. The Morgan fingerprint density at radius 3 is 2.18 bits per heavy atom. The molecule has 0 spiro atoms. The van der Waals surface area contributed by atoms with Gasteiger partial charge in [0.25, 0.3) is 0 Å². The first-order valence-electron chi connectivity index (χ1n) is 11.2. The highest BCUT2D eigenvalue weighted by atomic mass is 16.5. The lowest BCUT2D eigenvalue weighted by atomic mass is 10.0. The van der Waals surface area contributed by atoms with Gasteiger partial charge in [0.15, 0.2) is 0 Å². The highest BCUT2D eigenvalue weighted by Gasteiger charge is 2.24. The van der Waals surface area contributed by atoms with E-state index in [0.717, 1.165) is 11.1 Å². The van der Waals surface area contributed by atoms with Crippen LogP contribution in [0.15, 0.2) is 54.6 Å². The molecular formula is C25H33N3O6. The van der Waals surface area contributed by atoms with Crippen LogP contribution in [0.5, 0.6) is 5.75 Å². The molecule has 2 atom stereocenters. The molecule has 2 rings (SSSR count). The van der Waals surface area contributed by atoms with Gasteiger partial charge >= 0.3 is 0 Å².